The first-order valence-corrected chi connectivity index (χ1v) is 14.5. The second kappa shape index (κ2) is 10.1. The molecule has 0 aliphatic heterocycles. The van der Waals surface area contributed by atoms with Crippen molar-refractivity contribution in [3.05, 3.63) is 11.6 Å². The summed E-state index contributed by atoms with van der Waals surface area (Å²) in [6.07, 6.45) is 9.23. The van der Waals surface area contributed by atoms with Crippen LogP contribution in [0.3, 0.4) is 0 Å². The summed E-state index contributed by atoms with van der Waals surface area (Å²) in [6, 6.07) is 0. The van der Waals surface area contributed by atoms with Gasteiger partial charge in [-0.2, -0.15) is 0 Å². The number of aliphatic hydroxyl groups is 1. The fourth-order valence-corrected chi connectivity index (χ4v) is 9.27. The van der Waals surface area contributed by atoms with Crippen LogP contribution < -0.4 is 0 Å². The van der Waals surface area contributed by atoms with Gasteiger partial charge < -0.3 is 14.6 Å². The fourth-order valence-electron chi connectivity index (χ4n) is 9.27. The molecular weight excluding hydrogens is 468 g/mol. The highest BCUT2D eigenvalue weighted by Gasteiger charge is 2.65. The van der Waals surface area contributed by atoms with E-state index in [1.807, 2.05) is 19.9 Å². The number of allylic oxidation sites excluding steroid dienone is 1. The number of rotatable bonds is 7. The van der Waals surface area contributed by atoms with Crippen LogP contribution in [0.2, 0.25) is 0 Å². The van der Waals surface area contributed by atoms with Crippen molar-refractivity contribution in [2.24, 2.45) is 40.4 Å². The fraction of sp³-hybridized carbons (Fsp3) is 0.839. The molecule has 0 amide bonds. The topological polar surface area (TPSA) is 89.9 Å². The van der Waals surface area contributed by atoms with Crippen molar-refractivity contribution < 1.29 is 29.0 Å². The first-order valence-electron chi connectivity index (χ1n) is 14.5. The third kappa shape index (κ3) is 5.29. The molecule has 0 heterocycles. The maximum atomic E-state index is 13.8. The summed E-state index contributed by atoms with van der Waals surface area (Å²) in [6.45, 7) is 13.5. The van der Waals surface area contributed by atoms with Crippen molar-refractivity contribution in [1.29, 1.82) is 0 Å². The number of esters is 2. The van der Waals surface area contributed by atoms with Gasteiger partial charge in [-0.1, -0.05) is 32.3 Å². The smallest absolute Gasteiger partial charge is 0.303 e. The van der Waals surface area contributed by atoms with E-state index in [9.17, 15) is 19.5 Å². The minimum Gasteiger partial charge on any atom is -0.462 e. The maximum Gasteiger partial charge on any atom is 0.303 e. The molecule has 0 aromatic carbocycles. The van der Waals surface area contributed by atoms with Gasteiger partial charge in [0.25, 0.3) is 0 Å². The van der Waals surface area contributed by atoms with Crippen LogP contribution in [0.1, 0.15) is 106 Å². The Morgan fingerprint density at radius 2 is 1.81 bits per heavy atom. The van der Waals surface area contributed by atoms with Crippen LogP contribution in [-0.2, 0) is 23.9 Å². The molecule has 0 radical (unpaired) electrons. The zero-order valence-electron chi connectivity index (χ0n) is 24.0. The first kappa shape index (κ1) is 28.3. The van der Waals surface area contributed by atoms with E-state index in [2.05, 4.69) is 20.8 Å². The molecule has 6 nitrogen and oxygen atoms in total. The Kier molecular flexibility index (Phi) is 7.75. The van der Waals surface area contributed by atoms with E-state index in [1.165, 1.54) is 20.3 Å². The lowest BCUT2D eigenvalue weighted by Crippen LogP contribution is -2.60. The van der Waals surface area contributed by atoms with E-state index in [0.29, 0.717) is 23.7 Å². The summed E-state index contributed by atoms with van der Waals surface area (Å²) >= 11 is 0. The van der Waals surface area contributed by atoms with Crippen molar-refractivity contribution in [3.8, 4) is 0 Å². The SMILES string of the molecule is CC(=O)OC1C=C2CC[C@@H]3[C@H](C(OC(C)=O)C[C@]4(C)[C@@H]([C@H](C)CCCC(C)(C)O)CC[C@@H]34)[C@@]2(C)C(=O)C1. The Morgan fingerprint density at radius 3 is 2.43 bits per heavy atom. The molecule has 9 atom stereocenters. The van der Waals surface area contributed by atoms with Crippen molar-refractivity contribution in [3.63, 3.8) is 0 Å². The Morgan fingerprint density at radius 1 is 1.14 bits per heavy atom. The molecule has 1 N–H and O–H groups in total. The van der Waals surface area contributed by atoms with E-state index in [4.69, 9.17) is 9.47 Å². The molecule has 4 aliphatic rings. The number of carbonyl (C=O) groups is 3. The molecule has 4 rings (SSSR count). The number of hydrogen-bond acceptors (Lipinski definition) is 6. The second-order valence-electron chi connectivity index (χ2n) is 13.7. The quantitative estimate of drug-likeness (QED) is 0.340. The van der Waals surface area contributed by atoms with Crippen molar-refractivity contribution in [2.75, 3.05) is 0 Å². The van der Waals surface area contributed by atoms with Crippen LogP contribution >= 0.6 is 0 Å². The summed E-state index contributed by atoms with van der Waals surface area (Å²) in [5, 5.41) is 10.2. The highest BCUT2D eigenvalue weighted by Crippen LogP contribution is 2.67. The second-order valence-corrected chi connectivity index (χ2v) is 13.7. The summed E-state index contributed by atoms with van der Waals surface area (Å²) in [4.78, 5) is 37.7. The number of Topliss-reactive ketones (excluding diaryl/α,β-unsaturated/α-hetero) is 1. The predicted octanol–water partition coefficient (Wildman–Crippen LogP) is 5.80. The molecule has 0 bridgehead atoms. The summed E-state index contributed by atoms with van der Waals surface area (Å²) < 4.78 is 11.5. The molecule has 4 aliphatic carbocycles. The molecule has 0 aromatic rings. The number of hydrogen-bond donors (Lipinski definition) is 1. The minimum absolute atomic E-state index is 0.0375. The number of fused-ring (bicyclic) bond motifs is 5. The maximum absolute atomic E-state index is 13.8. The number of ether oxygens (including phenoxy) is 2. The summed E-state index contributed by atoms with van der Waals surface area (Å²) in [5.41, 5.74) is -0.196. The number of carbonyl (C=O) groups excluding carboxylic acids is 3. The lowest BCUT2D eigenvalue weighted by Gasteiger charge is -2.60. The standard InChI is InChI=1S/C31H48O6/c1-18(9-8-14-29(4,5)35)24-12-13-25-23-11-10-21-15-22(36-19(2)32)16-27(34)31(21,7)28(23)26(37-20(3)33)17-30(24,25)6/h15,18,22-26,28,35H,8-14,16-17H2,1-7H3/t18-,22?,23+,24-,25+,26?,28-,30-,31-/m1/s1. The van der Waals surface area contributed by atoms with E-state index < -0.39 is 17.1 Å². The van der Waals surface area contributed by atoms with E-state index in [1.54, 1.807) is 0 Å². The van der Waals surface area contributed by atoms with Gasteiger partial charge in [0, 0.05) is 26.2 Å². The van der Waals surface area contributed by atoms with Crippen LogP contribution in [0.4, 0.5) is 0 Å². The highest BCUT2D eigenvalue weighted by atomic mass is 16.5. The Balaban J connectivity index is 1.63. The average Bonchev–Trinajstić information content (AvgIpc) is 3.09. The Hall–Kier alpha value is -1.69. The lowest BCUT2D eigenvalue weighted by atomic mass is 9.45. The van der Waals surface area contributed by atoms with Gasteiger partial charge in [0.2, 0.25) is 0 Å². The largest absolute Gasteiger partial charge is 0.462 e. The molecule has 3 saturated carbocycles. The lowest BCUT2D eigenvalue weighted by molar-refractivity contribution is -0.180. The molecule has 0 aromatic heterocycles. The van der Waals surface area contributed by atoms with Crippen LogP contribution in [0.15, 0.2) is 11.6 Å². The predicted molar refractivity (Wildman–Crippen MR) is 141 cm³/mol. The van der Waals surface area contributed by atoms with E-state index in [0.717, 1.165) is 50.5 Å². The van der Waals surface area contributed by atoms with Crippen LogP contribution in [0, 0.1) is 40.4 Å². The highest BCUT2D eigenvalue weighted by molar-refractivity contribution is 5.90. The van der Waals surface area contributed by atoms with Crippen molar-refractivity contribution in [1.82, 2.24) is 0 Å². The van der Waals surface area contributed by atoms with Gasteiger partial charge in [0.1, 0.15) is 18.0 Å². The van der Waals surface area contributed by atoms with Gasteiger partial charge in [-0.3, -0.25) is 14.4 Å². The van der Waals surface area contributed by atoms with Gasteiger partial charge in [0.15, 0.2) is 0 Å². The molecule has 2 unspecified atom stereocenters. The normalized spacial score (nSPS) is 40.1. The van der Waals surface area contributed by atoms with Gasteiger partial charge in [0.05, 0.1) is 11.0 Å². The third-order valence-electron chi connectivity index (χ3n) is 10.7. The van der Waals surface area contributed by atoms with Crippen LogP contribution in [0.25, 0.3) is 0 Å². The Labute approximate surface area is 222 Å². The molecule has 0 spiro atoms. The van der Waals surface area contributed by atoms with Gasteiger partial charge in [-0.15, -0.1) is 0 Å². The minimum atomic E-state index is -0.683. The molecule has 208 valence electrons. The molecule has 6 heteroatoms. The third-order valence-corrected chi connectivity index (χ3v) is 10.7. The summed E-state index contributed by atoms with van der Waals surface area (Å²) in [5.74, 6) is 1.33. The number of ketones is 1. The van der Waals surface area contributed by atoms with E-state index in [-0.39, 0.29) is 41.6 Å². The van der Waals surface area contributed by atoms with Crippen LogP contribution in [-0.4, -0.2) is 40.6 Å². The molecule has 3 fully saturated rings. The van der Waals surface area contributed by atoms with Gasteiger partial charge in [-0.05, 0) is 94.5 Å². The summed E-state index contributed by atoms with van der Waals surface area (Å²) in [7, 11) is 0. The van der Waals surface area contributed by atoms with Crippen molar-refractivity contribution >= 4 is 17.7 Å². The van der Waals surface area contributed by atoms with E-state index >= 15 is 0 Å². The zero-order valence-corrected chi connectivity index (χ0v) is 24.0. The van der Waals surface area contributed by atoms with Gasteiger partial charge in [-0.25, -0.2) is 0 Å². The van der Waals surface area contributed by atoms with Crippen molar-refractivity contribution in [2.45, 2.75) is 124 Å². The van der Waals surface area contributed by atoms with Crippen LogP contribution in [0.5, 0.6) is 0 Å². The molecular formula is C31H48O6. The molecule has 37 heavy (non-hydrogen) atoms. The zero-order chi connectivity index (χ0) is 27.3. The van der Waals surface area contributed by atoms with Gasteiger partial charge >= 0.3 is 11.9 Å². The molecule has 0 saturated heterocycles. The average molecular weight is 517 g/mol. The Bertz CT molecular complexity index is 946. The first-order chi connectivity index (χ1) is 17.2. The monoisotopic (exact) mass is 516 g/mol.